The van der Waals surface area contributed by atoms with Crippen molar-refractivity contribution in [3.63, 3.8) is 0 Å². The number of rotatable bonds is 4. The molecule has 0 saturated carbocycles. The Morgan fingerprint density at radius 3 is 2.14 bits per heavy atom. The van der Waals surface area contributed by atoms with Gasteiger partial charge in [0, 0.05) is 41.8 Å². The Morgan fingerprint density at radius 2 is 1.52 bits per heavy atom. The van der Waals surface area contributed by atoms with Crippen molar-refractivity contribution in [2.75, 3.05) is 37.7 Å². The van der Waals surface area contributed by atoms with E-state index < -0.39 is 0 Å². The molecular formula is C23H26N2O3S. The van der Waals surface area contributed by atoms with E-state index in [4.69, 9.17) is 9.47 Å². The Hall–Kier alpha value is -2.02. The number of amides is 1. The van der Waals surface area contributed by atoms with Gasteiger partial charge >= 0.3 is 0 Å². The summed E-state index contributed by atoms with van der Waals surface area (Å²) in [5.41, 5.74) is 2.39. The monoisotopic (exact) mass is 410 g/mol. The molecule has 3 aliphatic heterocycles. The molecule has 5 rings (SSSR count). The Bertz CT molecular complexity index is 830. The predicted octanol–water partition coefficient (Wildman–Crippen LogP) is 4.29. The second-order valence-electron chi connectivity index (χ2n) is 7.77. The first-order valence-electron chi connectivity index (χ1n) is 10.4. The number of carbonyl (C=O) groups excluding carboxylic acids is 1. The van der Waals surface area contributed by atoms with Gasteiger partial charge in [0.1, 0.15) is 0 Å². The number of hydrogen-bond acceptors (Lipinski definition) is 5. The highest BCUT2D eigenvalue weighted by atomic mass is 32.2. The predicted molar refractivity (Wildman–Crippen MR) is 114 cm³/mol. The third kappa shape index (κ3) is 3.89. The van der Waals surface area contributed by atoms with E-state index in [2.05, 4.69) is 53.4 Å². The van der Waals surface area contributed by atoms with Crippen LogP contribution in [0.15, 0.2) is 58.3 Å². The number of anilines is 2. The zero-order chi connectivity index (χ0) is 19.6. The Labute approximate surface area is 176 Å². The Morgan fingerprint density at radius 1 is 0.931 bits per heavy atom. The van der Waals surface area contributed by atoms with Gasteiger partial charge in [-0.25, -0.2) is 0 Å². The fourth-order valence-corrected chi connectivity index (χ4v) is 5.55. The van der Waals surface area contributed by atoms with E-state index in [9.17, 15) is 4.79 Å². The van der Waals surface area contributed by atoms with Crippen molar-refractivity contribution >= 4 is 29.0 Å². The molecule has 2 aromatic rings. The summed E-state index contributed by atoms with van der Waals surface area (Å²) in [6, 6.07) is 16.9. The van der Waals surface area contributed by atoms with Gasteiger partial charge in [0.2, 0.25) is 5.91 Å². The molecule has 0 N–H and O–H groups in total. The SMILES string of the molecule is O=C(CCN1c2ccccc2Sc2ccccc21)N1CCC(C2OCCO2)CC1. The van der Waals surface area contributed by atoms with E-state index in [-0.39, 0.29) is 12.2 Å². The summed E-state index contributed by atoms with van der Waals surface area (Å²) < 4.78 is 11.3. The third-order valence-electron chi connectivity index (χ3n) is 6.01. The van der Waals surface area contributed by atoms with Gasteiger partial charge in [-0.3, -0.25) is 4.79 Å². The van der Waals surface area contributed by atoms with Crippen molar-refractivity contribution in [1.82, 2.24) is 4.90 Å². The quantitative estimate of drug-likeness (QED) is 0.752. The maximum Gasteiger partial charge on any atom is 0.224 e. The van der Waals surface area contributed by atoms with Crippen LogP contribution in [0, 0.1) is 5.92 Å². The van der Waals surface area contributed by atoms with Crippen LogP contribution in [-0.2, 0) is 14.3 Å². The molecule has 6 heteroatoms. The molecule has 1 amide bonds. The van der Waals surface area contributed by atoms with Crippen molar-refractivity contribution < 1.29 is 14.3 Å². The van der Waals surface area contributed by atoms with Gasteiger partial charge < -0.3 is 19.3 Å². The third-order valence-corrected chi connectivity index (χ3v) is 7.14. The first kappa shape index (κ1) is 19.0. The number of benzene rings is 2. The average molecular weight is 411 g/mol. The number of hydrogen-bond donors (Lipinski definition) is 0. The summed E-state index contributed by atoms with van der Waals surface area (Å²) >= 11 is 1.80. The molecular weight excluding hydrogens is 384 g/mol. The summed E-state index contributed by atoms with van der Waals surface area (Å²) in [6.45, 7) is 3.69. The zero-order valence-corrected chi connectivity index (χ0v) is 17.3. The molecule has 152 valence electrons. The van der Waals surface area contributed by atoms with Gasteiger partial charge in [-0.15, -0.1) is 0 Å². The summed E-state index contributed by atoms with van der Waals surface area (Å²) in [6.07, 6.45) is 2.38. The molecule has 2 aromatic carbocycles. The van der Waals surface area contributed by atoms with Crippen molar-refractivity contribution in [1.29, 1.82) is 0 Å². The number of piperidine rings is 1. The van der Waals surface area contributed by atoms with Crippen LogP contribution in [0.1, 0.15) is 19.3 Å². The molecule has 5 nitrogen and oxygen atoms in total. The van der Waals surface area contributed by atoms with Crippen LogP contribution in [-0.4, -0.2) is 49.9 Å². The van der Waals surface area contributed by atoms with Crippen molar-refractivity contribution in [3.05, 3.63) is 48.5 Å². The molecule has 0 bridgehead atoms. The highest BCUT2D eigenvalue weighted by molar-refractivity contribution is 7.99. The Balaban J connectivity index is 1.23. The molecule has 0 aliphatic carbocycles. The van der Waals surface area contributed by atoms with E-state index >= 15 is 0 Å². The van der Waals surface area contributed by atoms with Crippen LogP contribution in [0.3, 0.4) is 0 Å². The van der Waals surface area contributed by atoms with Crippen molar-refractivity contribution in [2.45, 2.75) is 35.3 Å². The number of carbonyl (C=O) groups is 1. The van der Waals surface area contributed by atoms with Crippen LogP contribution in [0.4, 0.5) is 11.4 Å². The van der Waals surface area contributed by atoms with Crippen LogP contribution in [0.25, 0.3) is 0 Å². The average Bonchev–Trinajstić information content (AvgIpc) is 3.31. The first-order chi connectivity index (χ1) is 14.3. The lowest BCUT2D eigenvalue weighted by Crippen LogP contribution is -2.42. The lowest BCUT2D eigenvalue weighted by atomic mass is 9.96. The lowest BCUT2D eigenvalue weighted by Gasteiger charge is -2.35. The van der Waals surface area contributed by atoms with E-state index in [1.807, 2.05) is 4.90 Å². The molecule has 2 fully saturated rings. The number of fused-ring (bicyclic) bond motifs is 2. The molecule has 0 atom stereocenters. The van der Waals surface area contributed by atoms with Crippen LogP contribution in [0.2, 0.25) is 0 Å². The van der Waals surface area contributed by atoms with Crippen LogP contribution < -0.4 is 4.90 Å². The Kier molecular flexibility index (Phi) is 5.48. The van der Waals surface area contributed by atoms with E-state index in [0.717, 1.165) is 25.9 Å². The minimum absolute atomic E-state index is 0.0638. The normalized spacial score (nSPS) is 19.9. The van der Waals surface area contributed by atoms with Crippen LogP contribution >= 0.6 is 11.8 Å². The number of likely N-dealkylation sites (tertiary alicyclic amines) is 1. The summed E-state index contributed by atoms with van der Waals surface area (Å²) in [7, 11) is 0. The molecule has 0 aromatic heterocycles. The molecule has 2 saturated heterocycles. The van der Waals surface area contributed by atoms with E-state index in [1.54, 1.807) is 11.8 Å². The van der Waals surface area contributed by atoms with Gasteiger partial charge in [-0.1, -0.05) is 36.0 Å². The number of para-hydroxylation sites is 2. The van der Waals surface area contributed by atoms with Gasteiger partial charge in [-0.05, 0) is 37.1 Å². The molecule has 0 spiro atoms. The van der Waals surface area contributed by atoms with E-state index in [1.165, 1.54) is 21.2 Å². The fourth-order valence-electron chi connectivity index (χ4n) is 4.46. The molecule has 0 radical (unpaired) electrons. The van der Waals surface area contributed by atoms with E-state index in [0.29, 0.717) is 32.1 Å². The molecule has 29 heavy (non-hydrogen) atoms. The van der Waals surface area contributed by atoms with Gasteiger partial charge in [0.05, 0.1) is 24.6 Å². The first-order valence-corrected chi connectivity index (χ1v) is 11.3. The second kappa shape index (κ2) is 8.38. The molecule has 3 aliphatic rings. The largest absolute Gasteiger partial charge is 0.350 e. The minimum atomic E-state index is -0.0638. The topological polar surface area (TPSA) is 42.0 Å². The van der Waals surface area contributed by atoms with Gasteiger partial charge in [-0.2, -0.15) is 0 Å². The standard InChI is InChI=1S/C23H26N2O3S/c26-22(24-12-9-17(10-13-24)23-27-15-16-28-23)11-14-25-18-5-1-3-7-20(18)29-21-8-4-2-6-19(21)25/h1-8,17,23H,9-16H2. The summed E-state index contributed by atoms with van der Waals surface area (Å²) in [5.74, 6) is 0.657. The molecule has 3 heterocycles. The maximum absolute atomic E-state index is 12.9. The minimum Gasteiger partial charge on any atom is -0.350 e. The smallest absolute Gasteiger partial charge is 0.224 e. The van der Waals surface area contributed by atoms with Crippen molar-refractivity contribution in [3.8, 4) is 0 Å². The second-order valence-corrected chi connectivity index (χ2v) is 8.85. The van der Waals surface area contributed by atoms with Gasteiger partial charge in [0.25, 0.3) is 0 Å². The highest BCUT2D eigenvalue weighted by Gasteiger charge is 2.32. The van der Waals surface area contributed by atoms with Crippen molar-refractivity contribution in [2.24, 2.45) is 5.92 Å². The summed E-state index contributed by atoms with van der Waals surface area (Å²) in [4.78, 5) is 19.7. The zero-order valence-electron chi connectivity index (χ0n) is 16.5. The number of ether oxygens (including phenoxy) is 2. The molecule has 0 unspecified atom stereocenters. The lowest BCUT2D eigenvalue weighted by molar-refractivity contribution is -0.136. The number of nitrogens with zero attached hydrogens (tertiary/aromatic N) is 2. The van der Waals surface area contributed by atoms with Gasteiger partial charge in [0.15, 0.2) is 6.29 Å². The summed E-state index contributed by atoms with van der Waals surface area (Å²) in [5, 5.41) is 0. The highest BCUT2D eigenvalue weighted by Crippen LogP contribution is 2.47. The van der Waals surface area contributed by atoms with Crippen LogP contribution in [0.5, 0.6) is 0 Å². The fraction of sp³-hybridized carbons (Fsp3) is 0.435. The maximum atomic E-state index is 12.9.